The molecule has 0 radical (unpaired) electrons. The van der Waals surface area contributed by atoms with Crippen LogP contribution in [0.1, 0.15) is 48.3 Å². The van der Waals surface area contributed by atoms with E-state index in [-0.39, 0.29) is 13.0 Å². The van der Waals surface area contributed by atoms with Crippen LogP contribution in [-0.4, -0.2) is 51.4 Å². The third-order valence-electron chi connectivity index (χ3n) is 6.54. The van der Waals surface area contributed by atoms with Gasteiger partial charge in [-0.2, -0.15) is 0 Å². The number of hydrogen-bond acceptors (Lipinski definition) is 5. The summed E-state index contributed by atoms with van der Waals surface area (Å²) in [5.41, 5.74) is 3.60. The molecule has 2 fully saturated rings. The average Bonchev–Trinajstić information content (AvgIpc) is 2.70. The summed E-state index contributed by atoms with van der Waals surface area (Å²) in [6, 6.07) is 16.5. The van der Waals surface area contributed by atoms with Gasteiger partial charge in [-0.15, -0.1) is 0 Å². The van der Waals surface area contributed by atoms with Crippen molar-refractivity contribution in [3.05, 3.63) is 65.2 Å². The number of aliphatic hydroxyl groups is 4. The molecule has 156 valence electrons. The van der Waals surface area contributed by atoms with Crippen LogP contribution in [0.4, 0.5) is 0 Å². The summed E-state index contributed by atoms with van der Waals surface area (Å²) in [6.45, 7) is -0.264. The highest BCUT2D eigenvalue weighted by atomic mass is 16.5. The monoisotopic (exact) mass is 398 g/mol. The van der Waals surface area contributed by atoms with Crippen molar-refractivity contribution in [3.8, 4) is 5.75 Å². The number of hydrogen-bond donors (Lipinski definition) is 4. The summed E-state index contributed by atoms with van der Waals surface area (Å²) >= 11 is 0. The van der Waals surface area contributed by atoms with Gasteiger partial charge in [0.2, 0.25) is 0 Å². The van der Waals surface area contributed by atoms with E-state index in [4.69, 9.17) is 4.74 Å². The zero-order valence-electron chi connectivity index (χ0n) is 16.5. The minimum Gasteiger partial charge on any atom is -0.487 e. The Kier molecular flexibility index (Phi) is 6.20. The van der Waals surface area contributed by atoms with Gasteiger partial charge in [-0.1, -0.05) is 48.9 Å². The van der Waals surface area contributed by atoms with Gasteiger partial charge >= 0.3 is 0 Å². The van der Waals surface area contributed by atoms with Crippen LogP contribution in [0, 0.1) is 5.92 Å². The molecule has 0 unspecified atom stereocenters. The number of ether oxygens (including phenoxy) is 1. The van der Waals surface area contributed by atoms with Gasteiger partial charge < -0.3 is 25.2 Å². The van der Waals surface area contributed by atoms with E-state index in [1.54, 1.807) is 0 Å². The fourth-order valence-corrected chi connectivity index (χ4v) is 4.38. The molecule has 5 heteroatoms. The molecule has 5 atom stereocenters. The average molecular weight is 398 g/mol. The van der Waals surface area contributed by atoms with Gasteiger partial charge in [0.05, 0.1) is 6.10 Å². The van der Waals surface area contributed by atoms with E-state index in [0.717, 1.165) is 5.56 Å². The van der Waals surface area contributed by atoms with Crippen molar-refractivity contribution in [1.82, 2.24) is 0 Å². The van der Waals surface area contributed by atoms with E-state index < -0.39 is 30.3 Å². The predicted molar refractivity (Wildman–Crippen MR) is 110 cm³/mol. The molecule has 2 saturated carbocycles. The van der Waals surface area contributed by atoms with E-state index in [1.807, 2.05) is 24.3 Å². The van der Waals surface area contributed by atoms with Gasteiger partial charge in [-0.25, -0.2) is 0 Å². The second-order valence-corrected chi connectivity index (χ2v) is 8.46. The van der Waals surface area contributed by atoms with Crippen LogP contribution in [0.5, 0.6) is 5.75 Å². The van der Waals surface area contributed by atoms with Gasteiger partial charge in [0.15, 0.2) is 0 Å². The maximum atomic E-state index is 10.4. The molecular weight excluding hydrogens is 368 g/mol. The lowest BCUT2D eigenvalue weighted by molar-refractivity contribution is -0.157. The van der Waals surface area contributed by atoms with Crippen molar-refractivity contribution in [2.24, 2.45) is 5.92 Å². The van der Waals surface area contributed by atoms with Gasteiger partial charge in [0.25, 0.3) is 0 Å². The Hall–Kier alpha value is -1.92. The first kappa shape index (κ1) is 20.4. The Morgan fingerprint density at radius 2 is 1.59 bits per heavy atom. The molecule has 5 nitrogen and oxygen atoms in total. The molecule has 29 heavy (non-hydrogen) atoms. The standard InChI is InChI=1S/C24H30O5/c25-14-19-13-21(23(27)24(28)22(19)26)29-20-7-2-1-4-18(20)12-15-8-10-17(11-9-15)16-5-3-6-16/h1-2,4,7-11,16,19,21-28H,3,5-6,12-14H2/t19-,21-,22-,23+,24+/m1/s1. The highest BCUT2D eigenvalue weighted by molar-refractivity contribution is 5.39. The highest BCUT2D eigenvalue weighted by Crippen LogP contribution is 2.36. The van der Waals surface area contributed by atoms with Crippen molar-refractivity contribution >= 4 is 0 Å². The first-order chi connectivity index (χ1) is 14.1. The van der Waals surface area contributed by atoms with Crippen LogP contribution in [0.25, 0.3) is 0 Å². The molecule has 0 aliphatic heterocycles. The largest absolute Gasteiger partial charge is 0.487 e. The second kappa shape index (κ2) is 8.84. The smallest absolute Gasteiger partial charge is 0.128 e. The zero-order valence-corrected chi connectivity index (χ0v) is 16.5. The summed E-state index contributed by atoms with van der Waals surface area (Å²) in [7, 11) is 0. The fraction of sp³-hybridized carbons (Fsp3) is 0.500. The van der Waals surface area contributed by atoms with Crippen molar-refractivity contribution in [2.45, 2.75) is 62.4 Å². The zero-order chi connectivity index (χ0) is 20.4. The van der Waals surface area contributed by atoms with E-state index in [0.29, 0.717) is 18.1 Å². The molecule has 2 aromatic carbocycles. The Morgan fingerprint density at radius 3 is 2.24 bits per heavy atom. The Balaban J connectivity index is 1.48. The lowest BCUT2D eigenvalue weighted by Gasteiger charge is -2.39. The van der Waals surface area contributed by atoms with Gasteiger partial charge in [-0.05, 0) is 47.9 Å². The molecule has 0 saturated heterocycles. The topological polar surface area (TPSA) is 90.2 Å². The fourth-order valence-electron chi connectivity index (χ4n) is 4.38. The minimum absolute atomic E-state index is 0.264. The SMILES string of the molecule is OC[C@H]1C[C@@H](Oc2ccccc2Cc2ccc(C3CCC3)cc2)[C@H](O)[C@@H](O)[C@@H]1O. The quantitative estimate of drug-likeness (QED) is 0.600. The second-order valence-electron chi connectivity index (χ2n) is 8.46. The normalized spacial score (nSPS) is 30.0. The molecule has 2 aliphatic carbocycles. The molecular formula is C24H30O5. The first-order valence-corrected chi connectivity index (χ1v) is 10.5. The van der Waals surface area contributed by atoms with Crippen LogP contribution in [-0.2, 0) is 6.42 Å². The van der Waals surface area contributed by atoms with E-state index in [9.17, 15) is 20.4 Å². The van der Waals surface area contributed by atoms with Crippen LogP contribution < -0.4 is 4.74 Å². The van der Waals surface area contributed by atoms with Gasteiger partial charge in [0, 0.05) is 18.9 Å². The lowest BCUT2D eigenvalue weighted by atomic mass is 9.80. The lowest BCUT2D eigenvalue weighted by Crippen LogP contribution is -2.56. The van der Waals surface area contributed by atoms with Crippen molar-refractivity contribution in [1.29, 1.82) is 0 Å². The molecule has 0 amide bonds. The minimum atomic E-state index is -1.34. The molecule has 2 aromatic rings. The van der Waals surface area contributed by atoms with Crippen molar-refractivity contribution < 1.29 is 25.2 Å². The van der Waals surface area contributed by atoms with Crippen LogP contribution in [0.2, 0.25) is 0 Å². The Labute approximate surface area is 171 Å². The third-order valence-corrected chi connectivity index (χ3v) is 6.54. The third kappa shape index (κ3) is 4.33. The maximum Gasteiger partial charge on any atom is 0.128 e. The maximum absolute atomic E-state index is 10.4. The molecule has 0 spiro atoms. The van der Waals surface area contributed by atoms with E-state index >= 15 is 0 Å². The van der Waals surface area contributed by atoms with Crippen LogP contribution in [0.15, 0.2) is 48.5 Å². The summed E-state index contributed by atoms with van der Waals surface area (Å²) < 4.78 is 6.08. The Morgan fingerprint density at radius 1 is 0.862 bits per heavy atom. The molecule has 2 aliphatic rings. The number of rotatable bonds is 6. The van der Waals surface area contributed by atoms with E-state index in [1.165, 1.54) is 30.4 Å². The van der Waals surface area contributed by atoms with Gasteiger partial charge in [0.1, 0.15) is 24.1 Å². The summed E-state index contributed by atoms with van der Waals surface area (Å²) in [6.07, 6.45) is 0.502. The number of benzene rings is 2. The molecule has 4 rings (SSSR count). The summed E-state index contributed by atoms with van der Waals surface area (Å²) in [4.78, 5) is 0. The number of para-hydroxylation sites is 1. The summed E-state index contributed by atoms with van der Waals surface area (Å²) in [5.74, 6) is 0.846. The molecule has 4 N–H and O–H groups in total. The number of aliphatic hydroxyl groups excluding tert-OH is 4. The highest BCUT2D eigenvalue weighted by Gasteiger charge is 2.43. The van der Waals surface area contributed by atoms with E-state index in [2.05, 4.69) is 24.3 Å². The predicted octanol–water partition coefficient (Wildman–Crippen LogP) is 2.39. The van der Waals surface area contributed by atoms with Crippen LogP contribution >= 0.6 is 0 Å². The van der Waals surface area contributed by atoms with Gasteiger partial charge in [-0.3, -0.25) is 0 Å². The molecule has 0 heterocycles. The Bertz CT molecular complexity index is 799. The summed E-state index contributed by atoms with van der Waals surface area (Å²) in [5, 5.41) is 39.9. The first-order valence-electron chi connectivity index (χ1n) is 10.5. The molecule has 0 aromatic heterocycles. The molecule has 0 bridgehead atoms. The van der Waals surface area contributed by atoms with Crippen molar-refractivity contribution in [3.63, 3.8) is 0 Å². The van der Waals surface area contributed by atoms with Crippen molar-refractivity contribution in [2.75, 3.05) is 6.61 Å². The van der Waals surface area contributed by atoms with Crippen LogP contribution in [0.3, 0.4) is 0 Å².